The van der Waals surface area contributed by atoms with Crippen molar-refractivity contribution in [1.82, 2.24) is 9.97 Å². The van der Waals surface area contributed by atoms with Gasteiger partial charge in [-0.25, -0.2) is 0 Å². The molecule has 0 amide bonds. The predicted molar refractivity (Wildman–Crippen MR) is 82.9 cm³/mol. The number of benzene rings is 1. The van der Waals surface area contributed by atoms with Crippen LogP contribution >= 0.6 is 12.2 Å². The van der Waals surface area contributed by atoms with Gasteiger partial charge in [0.15, 0.2) is 11.1 Å². The van der Waals surface area contributed by atoms with Gasteiger partial charge in [-0.3, -0.25) is 9.78 Å². The van der Waals surface area contributed by atoms with E-state index in [0.29, 0.717) is 17.7 Å². The average molecular weight is 306 g/mol. The molecule has 2 N–H and O–H groups in total. The standard InChI is InChI=1S/C15H18N2O3S/c1-19-14(20-2)12-11(13(18)17-15(21)16-12)9-8-10-6-4-3-5-7-10/h3-7,14H,8-9H2,1-2H3,(H2,16,17,18,21). The van der Waals surface area contributed by atoms with Crippen molar-refractivity contribution >= 4 is 12.2 Å². The molecule has 0 radical (unpaired) electrons. The van der Waals surface area contributed by atoms with Crippen LogP contribution in [0.5, 0.6) is 0 Å². The summed E-state index contributed by atoms with van der Waals surface area (Å²) in [5.74, 6) is 0. The van der Waals surface area contributed by atoms with E-state index >= 15 is 0 Å². The zero-order chi connectivity index (χ0) is 15.2. The Hall–Kier alpha value is -1.76. The zero-order valence-corrected chi connectivity index (χ0v) is 12.8. The summed E-state index contributed by atoms with van der Waals surface area (Å²) in [5, 5.41) is 0. The Morgan fingerprint density at radius 2 is 1.76 bits per heavy atom. The molecule has 0 unspecified atom stereocenters. The van der Waals surface area contributed by atoms with Crippen molar-refractivity contribution in [3.05, 3.63) is 62.3 Å². The van der Waals surface area contributed by atoms with Gasteiger partial charge in [-0.15, -0.1) is 0 Å². The van der Waals surface area contributed by atoms with Crippen molar-refractivity contribution in [3.63, 3.8) is 0 Å². The molecule has 2 aromatic rings. The van der Waals surface area contributed by atoms with Crippen LogP contribution < -0.4 is 5.56 Å². The Bertz CT molecular complexity index is 690. The van der Waals surface area contributed by atoms with Gasteiger partial charge in [-0.05, 0) is 30.6 Å². The Kier molecular flexibility index (Phi) is 5.44. The van der Waals surface area contributed by atoms with Crippen LogP contribution in [0.25, 0.3) is 0 Å². The maximum absolute atomic E-state index is 12.2. The number of nitrogens with one attached hydrogen (secondary N) is 2. The lowest BCUT2D eigenvalue weighted by Gasteiger charge is -2.16. The van der Waals surface area contributed by atoms with Crippen molar-refractivity contribution in [2.24, 2.45) is 0 Å². The van der Waals surface area contributed by atoms with Crippen LogP contribution in [-0.2, 0) is 22.3 Å². The number of methoxy groups -OCH3 is 2. The molecule has 0 saturated heterocycles. The highest BCUT2D eigenvalue weighted by Gasteiger charge is 2.17. The smallest absolute Gasteiger partial charge is 0.255 e. The number of aromatic amines is 2. The molecule has 112 valence electrons. The molecule has 0 aliphatic heterocycles. The molecule has 1 heterocycles. The second-order valence-corrected chi connectivity index (χ2v) is 5.00. The summed E-state index contributed by atoms with van der Waals surface area (Å²) in [7, 11) is 3.04. The third-order valence-electron chi connectivity index (χ3n) is 3.24. The molecule has 1 aromatic carbocycles. The van der Waals surface area contributed by atoms with Gasteiger partial charge in [-0.1, -0.05) is 30.3 Å². The fourth-order valence-corrected chi connectivity index (χ4v) is 2.43. The average Bonchev–Trinajstić information content (AvgIpc) is 2.48. The minimum absolute atomic E-state index is 0.205. The topological polar surface area (TPSA) is 67.1 Å². The lowest BCUT2D eigenvalue weighted by atomic mass is 10.0. The predicted octanol–water partition coefficient (Wildman–Crippen LogP) is 2.51. The van der Waals surface area contributed by atoms with Crippen LogP contribution in [0.1, 0.15) is 23.1 Å². The van der Waals surface area contributed by atoms with E-state index in [9.17, 15) is 4.79 Å². The Morgan fingerprint density at radius 3 is 2.38 bits per heavy atom. The van der Waals surface area contributed by atoms with E-state index in [4.69, 9.17) is 21.7 Å². The Labute approximate surface area is 127 Å². The van der Waals surface area contributed by atoms with Crippen LogP contribution in [0.15, 0.2) is 35.1 Å². The second-order valence-electron chi connectivity index (χ2n) is 4.59. The fourth-order valence-electron chi connectivity index (χ4n) is 2.23. The number of aromatic nitrogens is 2. The summed E-state index contributed by atoms with van der Waals surface area (Å²) in [5.41, 5.74) is 2.13. The minimum atomic E-state index is -0.639. The number of H-pyrrole nitrogens is 2. The highest BCUT2D eigenvalue weighted by atomic mass is 32.1. The van der Waals surface area contributed by atoms with E-state index in [1.165, 1.54) is 14.2 Å². The second kappa shape index (κ2) is 7.31. The number of aryl methyl sites for hydroxylation is 1. The third kappa shape index (κ3) is 3.87. The third-order valence-corrected chi connectivity index (χ3v) is 3.45. The number of hydrogen-bond donors (Lipinski definition) is 2. The molecule has 1 aromatic heterocycles. The number of rotatable bonds is 6. The summed E-state index contributed by atoms with van der Waals surface area (Å²) >= 11 is 5.02. The molecular formula is C15H18N2O3S. The van der Waals surface area contributed by atoms with Gasteiger partial charge in [-0.2, -0.15) is 0 Å². The van der Waals surface area contributed by atoms with Crippen molar-refractivity contribution in [1.29, 1.82) is 0 Å². The summed E-state index contributed by atoms with van der Waals surface area (Å²) in [6.45, 7) is 0. The van der Waals surface area contributed by atoms with Crippen LogP contribution in [0.4, 0.5) is 0 Å². The molecule has 21 heavy (non-hydrogen) atoms. The maximum Gasteiger partial charge on any atom is 0.255 e. The maximum atomic E-state index is 12.2. The highest BCUT2D eigenvalue weighted by Crippen LogP contribution is 2.18. The first-order chi connectivity index (χ1) is 10.2. The summed E-state index contributed by atoms with van der Waals surface area (Å²) in [4.78, 5) is 17.7. The fraction of sp³-hybridized carbons (Fsp3) is 0.333. The Morgan fingerprint density at radius 1 is 1.10 bits per heavy atom. The molecule has 0 fully saturated rings. The summed E-state index contributed by atoms with van der Waals surface area (Å²) in [6.07, 6.45) is 0.686. The van der Waals surface area contributed by atoms with Crippen LogP contribution in [0.3, 0.4) is 0 Å². The van der Waals surface area contributed by atoms with E-state index in [2.05, 4.69) is 9.97 Å². The number of ether oxygens (including phenoxy) is 2. The Balaban J connectivity index is 2.33. The molecule has 0 aliphatic rings. The van der Waals surface area contributed by atoms with Gasteiger partial charge in [0, 0.05) is 19.8 Å². The van der Waals surface area contributed by atoms with Crippen molar-refractivity contribution < 1.29 is 9.47 Å². The van der Waals surface area contributed by atoms with Gasteiger partial charge >= 0.3 is 0 Å². The summed E-state index contributed by atoms with van der Waals surface area (Å²) in [6, 6.07) is 9.98. The van der Waals surface area contributed by atoms with Gasteiger partial charge in [0.1, 0.15) is 0 Å². The van der Waals surface area contributed by atoms with Crippen LogP contribution in [0.2, 0.25) is 0 Å². The summed E-state index contributed by atoms with van der Waals surface area (Å²) < 4.78 is 10.7. The molecule has 0 spiro atoms. The molecule has 0 atom stereocenters. The van der Waals surface area contributed by atoms with Gasteiger partial charge in [0.25, 0.3) is 5.56 Å². The minimum Gasteiger partial charge on any atom is -0.350 e. The molecule has 0 saturated carbocycles. The van der Waals surface area contributed by atoms with E-state index in [-0.39, 0.29) is 10.3 Å². The van der Waals surface area contributed by atoms with E-state index in [0.717, 1.165) is 12.0 Å². The van der Waals surface area contributed by atoms with Crippen LogP contribution in [0, 0.1) is 4.77 Å². The first kappa shape index (κ1) is 15.6. The molecule has 0 aliphatic carbocycles. The molecule has 6 heteroatoms. The quantitative estimate of drug-likeness (QED) is 0.635. The molecule has 2 rings (SSSR count). The van der Waals surface area contributed by atoms with E-state index < -0.39 is 6.29 Å². The number of hydrogen-bond acceptors (Lipinski definition) is 4. The lowest BCUT2D eigenvalue weighted by molar-refractivity contribution is -0.109. The largest absolute Gasteiger partial charge is 0.350 e. The molecule has 5 nitrogen and oxygen atoms in total. The van der Waals surface area contributed by atoms with Gasteiger partial charge in [0.05, 0.1) is 5.69 Å². The van der Waals surface area contributed by atoms with Crippen LogP contribution in [-0.4, -0.2) is 24.2 Å². The first-order valence-corrected chi connectivity index (χ1v) is 7.01. The van der Waals surface area contributed by atoms with E-state index in [1.807, 2.05) is 30.3 Å². The normalized spacial score (nSPS) is 11.0. The monoisotopic (exact) mass is 306 g/mol. The van der Waals surface area contributed by atoms with Gasteiger partial charge in [0.2, 0.25) is 0 Å². The van der Waals surface area contributed by atoms with Crippen molar-refractivity contribution in [2.75, 3.05) is 14.2 Å². The lowest BCUT2D eigenvalue weighted by Crippen LogP contribution is -2.22. The van der Waals surface area contributed by atoms with Crippen molar-refractivity contribution in [2.45, 2.75) is 19.1 Å². The first-order valence-electron chi connectivity index (χ1n) is 6.60. The highest BCUT2D eigenvalue weighted by molar-refractivity contribution is 7.71. The van der Waals surface area contributed by atoms with Gasteiger partial charge < -0.3 is 14.5 Å². The van der Waals surface area contributed by atoms with E-state index in [1.54, 1.807) is 0 Å². The van der Waals surface area contributed by atoms with Crippen molar-refractivity contribution in [3.8, 4) is 0 Å². The zero-order valence-electron chi connectivity index (χ0n) is 12.0. The molecular weight excluding hydrogens is 288 g/mol. The SMILES string of the molecule is COC(OC)c1[nH]c(=S)[nH]c(=O)c1CCc1ccccc1. The molecule has 0 bridgehead atoms.